The number of alkyl halides is 7. The average Bonchev–Trinajstić information content (AvgIpc) is 1.92. The maximum absolute atomic E-state index is 13.0. The Bertz CT molecular complexity index is 372. The Morgan fingerprint density at radius 3 is 1.63 bits per heavy atom. The van der Waals surface area contributed by atoms with Crippen LogP contribution >= 0.6 is 7.82 Å². The van der Waals surface area contributed by atoms with E-state index >= 15 is 0 Å². The summed E-state index contributed by atoms with van der Waals surface area (Å²) >= 11 is 0. The molecular formula is C7H10F7O4P. The molecule has 0 amide bonds. The summed E-state index contributed by atoms with van der Waals surface area (Å²) in [5.74, 6) is -11.9. The number of hydrogen-bond donors (Lipinski definition) is 2. The predicted octanol–water partition coefficient (Wildman–Crippen LogP) is 3.10. The van der Waals surface area contributed by atoms with Gasteiger partial charge in [-0.2, -0.15) is 30.7 Å². The van der Waals surface area contributed by atoms with Gasteiger partial charge in [0.05, 0.1) is 5.60 Å². The number of rotatable bonds is 5. The molecule has 0 aliphatic rings. The van der Waals surface area contributed by atoms with Gasteiger partial charge in [0.1, 0.15) is 0 Å². The van der Waals surface area contributed by atoms with Crippen LogP contribution in [0.2, 0.25) is 0 Å². The molecule has 0 fully saturated rings. The first-order valence-electron chi connectivity index (χ1n) is 4.50. The van der Waals surface area contributed by atoms with Crippen LogP contribution in [0.3, 0.4) is 0 Å². The molecule has 0 spiro atoms. The minimum absolute atomic E-state index is 0.548. The number of halogens is 7. The lowest BCUT2D eigenvalue weighted by Crippen LogP contribution is -2.54. The second-order valence-electron chi connectivity index (χ2n) is 4.29. The van der Waals surface area contributed by atoms with Gasteiger partial charge in [-0.3, -0.25) is 4.52 Å². The fraction of sp³-hybridized carbons (Fsp3) is 1.00. The summed E-state index contributed by atoms with van der Waals surface area (Å²) < 4.78 is 101. The van der Waals surface area contributed by atoms with E-state index in [2.05, 4.69) is 4.52 Å². The van der Waals surface area contributed by atoms with E-state index in [0.29, 0.717) is 13.8 Å². The van der Waals surface area contributed by atoms with Gasteiger partial charge in [-0.1, -0.05) is 0 Å². The van der Waals surface area contributed by atoms with Crippen molar-refractivity contribution in [1.29, 1.82) is 0 Å². The molecule has 0 radical (unpaired) electrons. The molecule has 0 unspecified atom stereocenters. The van der Waals surface area contributed by atoms with Gasteiger partial charge in [0.15, 0.2) is 0 Å². The van der Waals surface area contributed by atoms with Crippen molar-refractivity contribution in [3.05, 3.63) is 0 Å². The fourth-order valence-electron chi connectivity index (χ4n) is 1.21. The van der Waals surface area contributed by atoms with Crippen molar-refractivity contribution in [3.63, 3.8) is 0 Å². The zero-order chi connectivity index (χ0) is 15.9. The Morgan fingerprint density at radius 1 is 1.00 bits per heavy atom. The second kappa shape index (κ2) is 4.87. The van der Waals surface area contributed by atoms with Crippen LogP contribution in [0.1, 0.15) is 20.3 Å². The van der Waals surface area contributed by atoms with Crippen molar-refractivity contribution in [1.82, 2.24) is 0 Å². The van der Waals surface area contributed by atoms with E-state index in [-0.39, 0.29) is 0 Å². The van der Waals surface area contributed by atoms with Crippen molar-refractivity contribution in [3.8, 4) is 0 Å². The lowest BCUT2D eigenvalue weighted by molar-refractivity contribution is -0.360. The third-order valence-electron chi connectivity index (χ3n) is 1.83. The summed E-state index contributed by atoms with van der Waals surface area (Å²) in [5.41, 5.74) is -2.60. The highest BCUT2D eigenvalue weighted by molar-refractivity contribution is 7.46. The monoisotopic (exact) mass is 322 g/mol. The molecule has 0 bridgehead atoms. The fourth-order valence-corrected chi connectivity index (χ4v) is 1.92. The highest BCUT2D eigenvalue weighted by Crippen LogP contribution is 2.52. The molecule has 0 aliphatic heterocycles. The first kappa shape index (κ1) is 18.6. The molecule has 116 valence electrons. The van der Waals surface area contributed by atoms with Crippen LogP contribution in [0.25, 0.3) is 0 Å². The third kappa shape index (κ3) is 4.90. The summed E-state index contributed by atoms with van der Waals surface area (Å²) in [5, 5.41) is 0. The van der Waals surface area contributed by atoms with Crippen LogP contribution in [0.4, 0.5) is 30.7 Å². The van der Waals surface area contributed by atoms with Crippen molar-refractivity contribution in [2.24, 2.45) is 0 Å². The predicted molar refractivity (Wildman–Crippen MR) is 47.8 cm³/mol. The van der Waals surface area contributed by atoms with Gasteiger partial charge >= 0.3 is 25.8 Å². The Hall–Kier alpha value is -0.380. The normalized spacial score (nSPS) is 15.7. The molecule has 0 aromatic rings. The van der Waals surface area contributed by atoms with Crippen LogP contribution in [0.15, 0.2) is 0 Å². The molecule has 0 atom stereocenters. The van der Waals surface area contributed by atoms with Gasteiger partial charge < -0.3 is 9.79 Å². The summed E-state index contributed by atoms with van der Waals surface area (Å²) in [6.07, 6.45) is -8.74. The zero-order valence-electron chi connectivity index (χ0n) is 9.51. The SMILES string of the molecule is CC(C)(CC(F)(F)C(F)(F)C(F)(F)F)OP(=O)(O)O. The standard InChI is InChI=1S/C7H10F7O4P/c1-4(2,18-19(15,16)17)3-5(8,9)6(10,11)7(12,13)14/h3H2,1-2H3,(H2,15,16,17). The molecule has 4 nitrogen and oxygen atoms in total. The molecule has 0 aliphatic carbocycles. The van der Waals surface area contributed by atoms with Crippen molar-refractivity contribution >= 4 is 7.82 Å². The summed E-state index contributed by atoms with van der Waals surface area (Å²) in [4.78, 5) is 16.7. The Balaban J connectivity index is 5.21. The van der Waals surface area contributed by atoms with Crippen LogP contribution in [0, 0.1) is 0 Å². The summed E-state index contributed by atoms with van der Waals surface area (Å²) in [6.45, 7) is 1.10. The first-order valence-corrected chi connectivity index (χ1v) is 6.03. The average molecular weight is 322 g/mol. The molecule has 12 heteroatoms. The minimum atomic E-state index is -6.51. The number of phosphoric acid groups is 1. The largest absolute Gasteiger partial charge is 0.470 e. The Labute approximate surface area is 102 Å². The number of hydrogen-bond acceptors (Lipinski definition) is 2. The zero-order valence-corrected chi connectivity index (χ0v) is 10.4. The second-order valence-corrected chi connectivity index (χ2v) is 5.46. The highest BCUT2D eigenvalue weighted by Gasteiger charge is 2.73. The van der Waals surface area contributed by atoms with Crippen LogP contribution < -0.4 is 0 Å². The van der Waals surface area contributed by atoms with Crippen LogP contribution in [0.5, 0.6) is 0 Å². The summed E-state index contributed by atoms with van der Waals surface area (Å²) in [7, 11) is -5.33. The molecule has 0 aromatic heterocycles. The molecule has 2 N–H and O–H groups in total. The lowest BCUT2D eigenvalue weighted by Gasteiger charge is -2.34. The minimum Gasteiger partial charge on any atom is -0.303 e. The van der Waals surface area contributed by atoms with E-state index in [1.54, 1.807) is 0 Å². The third-order valence-corrected chi connectivity index (χ3v) is 2.56. The maximum atomic E-state index is 13.0. The van der Waals surface area contributed by atoms with E-state index in [1.807, 2.05) is 0 Å². The topological polar surface area (TPSA) is 66.8 Å². The van der Waals surface area contributed by atoms with E-state index in [9.17, 15) is 35.3 Å². The van der Waals surface area contributed by atoms with E-state index in [0.717, 1.165) is 0 Å². The maximum Gasteiger partial charge on any atom is 0.470 e. The van der Waals surface area contributed by atoms with Crippen molar-refractivity contribution in [2.45, 2.75) is 43.9 Å². The molecule has 19 heavy (non-hydrogen) atoms. The van der Waals surface area contributed by atoms with E-state index in [1.165, 1.54) is 0 Å². The van der Waals surface area contributed by atoms with Gasteiger partial charge in [-0.25, -0.2) is 4.57 Å². The van der Waals surface area contributed by atoms with Crippen molar-refractivity contribution in [2.75, 3.05) is 0 Å². The van der Waals surface area contributed by atoms with Gasteiger partial charge in [0.25, 0.3) is 0 Å². The molecule has 0 saturated heterocycles. The van der Waals surface area contributed by atoms with Crippen molar-refractivity contribution < 1.29 is 49.6 Å². The Morgan fingerprint density at radius 2 is 1.37 bits per heavy atom. The molecule has 0 heterocycles. The molecule has 0 saturated carbocycles. The quantitative estimate of drug-likeness (QED) is 0.603. The number of phosphoric ester groups is 1. The highest BCUT2D eigenvalue weighted by atomic mass is 31.2. The van der Waals surface area contributed by atoms with Gasteiger partial charge in [0, 0.05) is 6.42 Å². The van der Waals surface area contributed by atoms with Gasteiger partial charge in [0.2, 0.25) is 0 Å². The summed E-state index contributed by atoms with van der Waals surface area (Å²) in [6, 6.07) is 0. The smallest absolute Gasteiger partial charge is 0.303 e. The van der Waals surface area contributed by atoms with Gasteiger partial charge in [-0.05, 0) is 13.8 Å². The molecule has 0 aromatic carbocycles. The van der Waals surface area contributed by atoms with Crippen LogP contribution in [-0.4, -0.2) is 33.4 Å². The molecule has 0 rings (SSSR count). The van der Waals surface area contributed by atoms with Gasteiger partial charge in [-0.15, -0.1) is 0 Å². The Kier molecular flexibility index (Phi) is 4.77. The first-order chi connectivity index (χ1) is 7.91. The van der Waals surface area contributed by atoms with E-state index in [4.69, 9.17) is 9.79 Å². The molecular weight excluding hydrogens is 312 g/mol. The van der Waals surface area contributed by atoms with E-state index < -0.39 is 37.9 Å². The van der Waals surface area contributed by atoms with Crippen LogP contribution in [-0.2, 0) is 9.09 Å². The lowest BCUT2D eigenvalue weighted by atomic mass is 9.96.